The van der Waals surface area contributed by atoms with E-state index >= 15 is 0 Å². The molecule has 1 unspecified atom stereocenters. The van der Waals surface area contributed by atoms with Gasteiger partial charge in [-0.25, -0.2) is 4.99 Å². The molecule has 222 valence electrons. The summed E-state index contributed by atoms with van der Waals surface area (Å²) >= 11 is 0. The minimum absolute atomic E-state index is 0.00153. The summed E-state index contributed by atoms with van der Waals surface area (Å²) in [4.78, 5) is 38.3. The third kappa shape index (κ3) is 9.95. The zero-order valence-electron chi connectivity index (χ0n) is 23.3. The number of amides is 1. The van der Waals surface area contributed by atoms with Crippen LogP contribution < -0.4 is 15.7 Å². The van der Waals surface area contributed by atoms with Crippen LogP contribution in [0.3, 0.4) is 0 Å². The number of carbonyl (C=O) groups is 3. The maximum atomic E-state index is 13.3. The molecule has 0 saturated heterocycles. The number of fused-ring (bicyclic) bond motifs is 1. The molecule has 3 aromatic carbocycles. The highest BCUT2D eigenvalue weighted by Gasteiger charge is 2.31. The monoisotopic (exact) mass is 581 g/mol. The van der Waals surface area contributed by atoms with Gasteiger partial charge in [0.05, 0.1) is 6.20 Å². The Morgan fingerprint density at radius 2 is 1.60 bits per heavy atom. The first-order valence-corrected chi connectivity index (χ1v) is 13.8. The van der Waals surface area contributed by atoms with E-state index in [9.17, 15) is 22.8 Å². The molecule has 0 aliphatic carbocycles. The Morgan fingerprint density at radius 3 is 2.26 bits per heavy atom. The highest BCUT2D eigenvalue weighted by Crippen LogP contribution is 2.21. The average molecular weight is 582 g/mol. The normalized spacial score (nSPS) is 13.4. The first-order valence-electron chi connectivity index (χ1n) is 13.8. The maximum Gasteiger partial charge on any atom is 0.430 e. The van der Waals surface area contributed by atoms with Gasteiger partial charge in [0.1, 0.15) is 17.7 Å². The number of Topliss-reactive ketones (excluding diaryl/α,β-unsaturated/α-hetero) is 1. The van der Waals surface area contributed by atoms with Gasteiger partial charge < -0.3 is 15.2 Å². The largest absolute Gasteiger partial charge is 0.542 e. The number of nitrogens with two attached hydrogens (primary N) is 1. The van der Waals surface area contributed by atoms with Crippen molar-refractivity contribution in [2.75, 3.05) is 0 Å². The molecule has 0 bridgehead atoms. The van der Waals surface area contributed by atoms with E-state index in [1.807, 2.05) is 55.6 Å². The third-order valence-electron chi connectivity index (χ3n) is 6.80. The van der Waals surface area contributed by atoms with Crippen LogP contribution in [0.1, 0.15) is 56.6 Å². The summed E-state index contributed by atoms with van der Waals surface area (Å²) in [6, 6.07) is 24.7. The van der Waals surface area contributed by atoms with Crippen molar-refractivity contribution in [1.82, 2.24) is 5.32 Å². The van der Waals surface area contributed by atoms with Crippen molar-refractivity contribution in [3.05, 3.63) is 90.1 Å². The number of aliphatic carboxylic acids is 1. The molecule has 0 spiro atoms. The highest BCUT2D eigenvalue weighted by atomic mass is 19.4. The lowest BCUT2D eigenvalue weighted by Crippen LogP contribution is -2.85. The van der Waals surface area contributed by atoms with E-state index in [-0.39, 0.29) is 11.8 Å². The van der Waals surface area contributed by atoms with E-state index in [1.54, 1.807) is 0 Å². The summed E-state index contributed by atoms with van der Waals surface area (Å²) in [6.07, 6.45) is 1.32. The van der Waals surface area contributed by atoms with E-state index in [4.69, 9.17) is 9.90 Å². The van der Waals surface area contributed by atoms with Gasteiger partial charge in [0.15, 0.2) is 5.70 Å². The van der Waals surface area contributed by atoms with E-state index in [0.29, 0.717) is 25.2 Å². The zero-order chi connectivity index (χ0) is 30.5. The molecule has 0 saturated carbocycles. The first-order chi connectivity index (χ1) is 20.1. The fourth-order valence-electron chi connectivity index (χ4n) is 4.44. The number of unbranched alkanes of at least 4 members (excludes halogenated alkanes) is 2. The van der Waals surface area contributed by atoms with Crippen LogP contribution in [0.15, 0.2) is 84.0 Å². The molecule has 1 amide bonds. The van der Waals surface area contributed by atoms with Gasteiger partial charge in [-0.15, -0.1) is 0 Å². The number of rotatable bonds is 12. The van der Waals surface area contributed by atoms with Gasteiger partial charge in [-0.05, 0) is 41.3 Å². The SMILES string of the molecule is CCC(=O)CCCCCC(C(=O)NCc1ccccc1)C1=NC=C(c2ccc3ccccc3c2)[NH2+]1.O=C([O-])C(F)(F)F. The number of carboxylic acids is 1. The Labute approximate surface area is 242 Å². The Hall–Kier alpha value is -4.31. The van der Waals surface area contributed by atoms with Crippen LogP contribution >= 0.6 is 0 Å². The lowest BCUT2D eigenvalue weighted by molar-refractivity contribution is -0.435. The lowest BCUT2D eigenvalue weighted by Gasteiger charge is -2.15. The second-order valence-electron chi connectivity index (χ2n) is 9.88. The molecular formula is C32H34F3N3O4. The number of carboxylic acid groups (broad SMARTS) is 1. The summed E-state index contributed by atoms with van der Waals surface area (Å²) < 4.78 is 31.5. The van der Waals surface area contributed by atoms with Crippen LogP contribution in [-0.4, -0.2) is 29.7 Å². The van der Waals surface area contributed by atoms with Crippen molar-refractivity contribution < 1.29 is 38.0 Å². The fourth-order valence-corrected chi connectivity index (χ4v) is 4.44. The molecule has 7 nitrogen and oxygen atoms in total. The van der Waals surface area contributed by atoms with E-state index in [1.165, 1.54) is 10.8 Å². The number of aliphatic imine (C=N–C) groups is 1. The highest BCUT2D eigenvalue weighted by molar-refractivity contribution is 6.01. The molecule has 3 aromatic rings. The Kier molecular flexibility index (Phi) is 12.0. The van der Waals surface area contributed by atoms with E-state index < -0.39 is 12.1 Å². The van der Waals surface area contributed by atoms with Crippen LogP contribution in [0, 0.1) is 5.92 Å². The van der Waals surface area contributed by atoms with Crippen LogP contribution in [0.25, 0.3) is 16.5 Å². The zero-order valence-corrected chi connectivity index (χ0v) is 23.3. The maximum absolute atomic E-state index is 13.3. The number of amidine groups is 1. The molecular weight excluding hydrogens is 547 g/mol. The van der Waals surface area contributed by atoms with Gasteiger partial charge in [-0.3, -0.25) is 14.9 Å². The van der Waals surface area contributed by atoms with Crippen molar-refractivity contribution in [1.29, 1.82) is 0 Å². The molecule has 0 aromatic heterocycles. The summed E-state index contributed by atoms with van der Waals surface area (Å²) in [5, 5.41) is 16.3. The van der Waals surface area contributed by atoms with Crippen LogP contribution in [-0.2, 0) is 20.9 Å². The topological polar surface area (TPSA) is 115 Å². The molecule has 10 heteroatoms. The lowest BCUT2D eigenvalue weighted by atomic mass is 9.97. The molecule has 4 rings (SSSR count). The number of nitrogens with one attached hydrogen (secondary N) is 1. The van der Waals surface area contributed by atoms with Crippen molar-refractivity contribution in [2.24, 2.45) is 10.9 Å². The number of ketones is 1. The van der Waals surface area contributed by atoms with Crippen molar-refractivity contribution >= 4 is 40.0 Å². The predicted octanol–water partition coefficient (Wildman–Crippen LogP) is 4.27. The van der Waals surface area contributed by atoms with Crippen molar-refractivity contribution in [2.45, 2.75) is 58.2 Å². The molecule has 1 aliphatic rings. The minimum atomic E-state index is -5.19. The van der Waals surface area contributed by atoms with Crippen LogP contribution in [0.2, 0.25) is 0 Å². The number of quaternary nitrogens is 1. The summed E-state index contributed by atoms with van der Waals surface area (Å²) in [7, 11) is 0. The van der Waals surface area contributed by atoms with Crippen LogP contribution in [0.4, 0.5) is 13.2 Å². The Morgan fingerprint density at radius 1 is 0.929 bits per heavy atom. The van der Waals surface area contributed by atoms with Crippen molar-refractivity contribution in [3.63, 3.8) is 0 Å². The number of halogens is 3. The van der Waals surface area contributed by atoms with Gasteiger partial charge in [-0.1, -0.05) is 80.4 Å². The molecule has 0 radical (unpaired) electrons. The second-order valence-corrected chi connectivity index (χ2v) is 9.88. The summed E-state index contributed by atoms with van der Waals surface area (Å²) in [6.45, 7) is 2.41. The number of carbonyl (C=O) groups excluding carboxylic acids is 3. The second kappa shape index (κ2) is 15.6. The number of hydrogen-bond donors (Lipinski definition) is 2. The number of nitrogens with zero attached hydrogens (tertiary/aromatic N) is 1. The first kappa shape index (κ1) is 32.2. The molecule has 42 heavy (non-hydrogen) atoms. The summed E-state index contributed by atoms with van der Waals surface area (Å²) in [5.41, 5.74) is 3.20. The molecule has 0 fully saturated rings. The molecule has 1 aliphatic heterocycles. The van der Waals surface area contributed by atoms with E-state index in [0.717, 1.165) is 48.3 Å². The quantitative estimate of drug-likeness (QED) is 0.311. The molecule has 1 heterocycles. The Balaban J connectivity index is 0.000000616. The van der Waals surface area contributed by atoms with Gasteiger partial charge in [0.25, 0.3) is 0 Å². The number of benzene rings is 3. The van der Waals surface area contributed by atoms with Gasteiger partial charge in [-0.2, -0.15) is 13.2 Å². The molecule has 1 atom stereocenters. The van der Waals surface area contributed by atoms with E-state index in [2.05, 4.69) is 46.0 Å². The van der Waals surface area contributed by atoms with Crippen LogP contribution in [0.5, 0.6) is 0 Å². The standard InChI is InChI=1S/C30H33N3O2.C2HF3O2/c1-2-26(34)15-7-4-8-16-27(30(35)32-20-22-11-5-3-6-12-22)29-31-21-28(33-29)25-18-17-23-13-9-10-14-24(23)19-25;3-2(4,5)1(6)7/h3,5-6,9-14,17-19,21,27H,2,4,7-8,15-16,20H2,1H3,(H,31,33)(H,32,35);(H,6,7). The minimum Gasteiger partial charge on any atom is -0.542 e. The number of alkyl halides is 3. The summed E-state index contributed by atoms with van der Waals surface area (Å²) in [5.74, 6) is -2.20. The number of hydrogen-bond acceptors (Lipinski definition) is 5. The average Bonchev–Trinajstić information content (AvgIpc) is 3.47. The molecule has 3 N–H and O–H groups in total. The van der Waals surface area contributed by atoms with Crippen molar-refractivity contribution in [3.8, 4) is 0 Å². The van der Waals surface area contributed by atoms with Gasteiger partial charge in [0.2, 0.25) is 11.7 Å². The Bertz CT molecular complexity index is 1440. The van der Waals surface area contributed by atoms with Gasteiger partial charge in [0, 0.05) is 24.9 Å². The predicted molar refractivity (Wildman–Crippen MR) is 153 cm³/mol. The third-order valence-corrected chi connectivity index (χ3v) is 6.80. The fraction of sp³-hybridized carbons (Fsp3) is 0.312. The smallest absolute Gasteiger partial charge is 0.430 e. The van der Waals surface area contributed by atoms with Gasteiger partial charge >= 0.3 is 6.18 Å².